The quantitative estimate of drug-likeness (QED) is 0.485. The summed E-state index contributed by atoms with van der Waals surface area (Å²) >= 11 is 11.8. The van der Waals surface area contributed by atoms with Crippen LogP contribution < -0.4 is 5.32 Å². The molecule has 0 aliphatic heterocycles. The smallest absolute Gasteiger partial charge is 0.283 e. The molecule has 2 aromatic carbocycles. The number of carbonyl (C=O) groups is 1. The van der Waals surface area contributed by atoms with Crippen molar-refractivity contribution in [3.05, 3.63) is 76.5 Å². The Hall–Kier alpha value is -3.09. The van der Waals surface area contributed by atoms with Crippen molar-refractivity contribution in [1.29, 1.82) is 0 Å². The molecule has 4 aromatic rings. The van der Waals surface area contributed by atoms with E-state index in [2.05, 4.69) is 15.5 Å². The zero-order chi connectivity index (χ0) is 18.8. The van der Waals surface area contributed by atoms with Gasteiger partial charge in [0.05, 0.1) is 16.3 Å². The summed E-state index contributed by atoms with van der Waals surface area (Å²) in [4.78, 5) is 12.4. The fourth-order valence-electron chi connectivity index (χ4n) is 2.41. The summed E-state index contributed by atoms with van der Waals surface area (Å²) in [5.74, 6) is 0.762. The third-order valence-corrected chi connectivity index (χ3v) is 4.45. The van der Waals surface area contributed by atoms with Gasteiger partial charge < -0.3 is 14.2 Å². The average molecular weight is 400 g/mol. The molecule has 1 N–H and O–H groups in total. The van der Waals surface area contributed by atoms with Gasteiger partial charge in [-0.15, -0.1) is 10.2 Å². The van der Waals surface area contributed by atoms with Crippen LogP contribution in [0.1, 0.15) is 10.4 Å². The highest BCUT2D eigenvalue weighted by molar-refractivity contribution is 6.42. The van der Waals surface area contributed by atoms with Gasteiger partial charge in [0.25, 0.3) is 11.8 Å². The van der Waals surface area contributed by atoms with E-state index in [1.165, 1.54) is 12.3 Å². The van der Waals surface area contributed by atoms with Gasteiger partial charge in [-0.2, -0.15) is 0 Å². The second kappa shape index (κ2) is 7.26. The molecule has 1 amide bonds. The minimum atomic E-state index is -0.312. The van der Waals surface area contributed by atoms with Crippen LogP contribution in [0.4, 0.5) is 5.69 Å². The molecular weight excluding hydrogens is 389 g/mol. The average Bonchev–Trinajstić information content (AvgIpc) is 3.35. The second-order valence-electron chi connectivity index (χ2n) is 5.55. The van der Waals surface area contributed by atoms with Crippen LogP contribution in [0, 0.1) is 0 Å². The van der Waals surface area contributed by atoms with Crippen LogP contribution in [-0.4, -0.2) is 16.1 Å². The van der Waals surface area contributed by atoms with Gasteiger partial charge in [0.15, 0.2) is 5.76 Å². The topological polar surface area (TPSA) is 81.2 Å². The summed E-state index contributed by atoms with van der Waals surface area (Å²) in [6.45, 7) is 0. The van der Waals surface area contributed by atoms with Crippen molar-refractivity contribution in [3.63, 3.8) is 0 Å². The minimum Gasteiger partial charge on any atom is -0.459 e. The maximum absolute atomic E-state index is 12.4. The number of anilines is 1. The molecule has 2 aromatic heterocycles. The Balaban J connectivity index is 1.56. The van der Waals surface area contributed by atoms with E-state index in [9.17, 15) is 4.79 Å². The molecule has 0 saturated carbocycles. The minimum absolute atomic E-state index is 0.278. The van der Waals surface area contributed by atoms with Crippen molar-refractivity contribution in [2.75, 3.05) is 5.32 Å². The molecule has 134 valence electrons. The van der Waals surface area contributed by atoms with E-state index in [0.717, 1.165) is 0 Å². The molecule has 0 atom stereocenters. The molecule has 2 heterocycles. The summed E-state index contributed by atoms with van der Waals surface area (Å²) in [5.41, 5.74) is 1.63. The summed E-state index contributed by atoms with van der Waals surface area (Å²) in [6.07, 6.45) is 1.53. The number of rotatable bonds is 4. The Morgan fingerprint density at radius 2 is 1.78 bits per heavy atom. The number of amides is 1. The van der Waals surface area contributed by atoms with Crippen LogP contribution in [0.25, 0.3) is 23.1 Å². The number of hydrogen-bond acceptors (Lipinski definition) is 5. The van der Waals surface area contributed by atoms with Gasteiger partial charge in [-0.05, 0) is 48.5 Å². The normalized spacial score (nSPS) is 10.7. The van der Waals surface area contributed by atoms with Crippen molar-refractivity contribution in [3.8, 4) is 23.1 Å². The molecular formula is C19H11Cl2N3O3. The molecule has 4 rings (SSSR count). The third-order valence-electron chi connectivity index (χ3n) is 3.71. The first kappa shape index (κ1) is 17.3. The molecule has 0 saturated heterocycles. The van der Waals surface area contributed by atoms with Gasteiger partial charge in [-0.3, -0.25) is 4.79 Å². The predicted molar refractivity (Wildman–Crippen MR) is 102 cm³/mol. The van der Waals surface area contributed by atoms with Crippen molar-refractivity contribution in [1.82, 2.24) is 10.2 Å². The number of nitrogens with one attached hydrogen (secondary N) is 1. The van der Waals surface area contributed by atoms with E-state index in [1.807, 2.05) is 0 Å². The molecule has 0 spiro atoms. The van der Waals surface area contributed by atoms with E-state index in [-0.39, 0.29) is 11.8 Å². The van der Waals surface area contributed by atoms with E-state index in [4.69, 9.17) is 32.0 Å². The molecule has 0 radical (unpaired) electrons. The summed E-state index contributed by atoms with van der Waals surface area (Å²) < 4.78 is 10.9. The number of hydrogen-bond donors (Lipinski definition) is 1. The van der Waals surface area contributed by atoms with Crippen LogP contribution in [0.15, 0.2) is 69.7 Å². The zero-order valence-corrected chi connectivity index (χ0v) is 15.2. The van der Waals surface area contributed by atoms with E-state index < -0.39 is 0 Å². The Morgan fingerprint density at radius 3 is 2.56 bits per heavy atom. The fourth-order valence-corrected chi connectivity index (χ4v) is 2.71. The Bertz CT molecular complexity index is 1110. The van der Waals surface area contributed by atoms with Gasteiger partial charge >= 0.3 is 0 Å². The Morgan fingerprint density at radius 1 is 0.926 bits per heavy atom. The molecule has 0 fully saturated rings. The SMILES string of the molecule is O=C(Nc1cccc(-c2nnc(-c3ccco3)o2)c1)c1ccc(Cl)c(Cl)c1. The summed E-state index contributed by atoms with van der Waals surface area (Å²) in [5, 5.41) is 11.5. The first-order chi connectivity index (χ1) is 13.1. The van der Waals surface area contributed by atoms with Crippen molar-refractivity contribution >= 4 is 34.8 Å². The molecule has 0 bridgehead atoms. The number of halogens is 2. The van der Waals surface area contributed by atoms with E-state index in [1.54, 1.807) is 48.5 Å². The van der Waals surface area contributed by atoms with Gasteiger partial charge in [0.1, 0.15) is 0 Å². The standard InChI is InChI=1S/C19H11Cl2N3O3/c20-14-7-6-11(10-15(14)21)17(25)22-13-4-1-3-12(9-13)18-23-24-19(27-18)16-5-2-8-26-16/h1-10H,(H,22,25). The van der Waals surface area contributed by atoms with Gasteiger partial charge in [0.2, 0.25) is 5.89 Å². The first-order valence-electron chi connectivity index (χ1n) is 7.84. The van der Waals surface area contributed by atoms with Crippen LogP contribution in [0.5, 0.6) is 0 Å². The van der Waals surface area contributed by atoms with Crippen LogP contribution >= 0.6 is 23.2 Å². The highest BCUT2D eigenvalue weighted by Crippen LogP contribution is 2.27. The lowest BCUT2D eigenvalue weighted by molar-refractivity contribution is 0.102. The van der Waals surface area contributed by atoms with Crippen molar-refractivity contribution < 1.29 is 13.6 Å². The van der Waals surface area contributed by atoms with Gasteiger partial charge in [-0.1, -0.05) is 29.3 Å². The number of carbonyl (C=O) groups excluding carboxylic acids is 1. The maximum atomic E-state index is 12.4. The van der Waals surface area contributed by atoms with Crippen LogP contribution in [-0.2, 0) is 0 Å². The molecule has 8 heteroatoms. The van der Waals surface area contributed by atoms with E-state index >= 15 is 0 Å². The van der Waals surface area contributed by atoms with Crippen molar-refractivity contribution in [2.45, 2.75) is 0 Å². The van der Waals surface area contributed by atoms with Crippen molar-refractivity contribution in [2.24, 2.45) is 0 Å². The molecule has 6 nitrogen and oxygen atoms in total. The number of nitrogens with zero attached hydrogens (tertiary/aromatic N) is 2. The van der Waals surface area contributed by atoms with E-state index in [0.29, 0.717) is 38.5 Å². The lowest BCUT2D eigenvalue weighted by Gasteiger charge is -2.07. The van der Waals surface area contributed by atoms with Gasteiger partial charge in [-0.25, -0.2) is 0 Å². The maximum Gasteiger partial charge on any atom is 0.283 e. The number of benzene rings is 2. The van der Waals surface area contributed by atoms with Crippen LogP contribution in [0.2, 0.25) is 10.0 Å². The lowest BCUT2D eigenvalue weighted by atomic mass is 10.1. The van der Waals surface area contributed by atoms with Crippen LogP contribution in [0.3, 0.4) is 0 Å². The highest BCUT2D eigenvalue weighted by atomic mass is 35.5. The molecule has 0 aliphatic rings. The fraction of sp³-hybridized carbons (Fsp3) is 0. The second-order valence-corrected chi connectivity index (χ2v) is 6.37. The zero-order valence-electron chi connectivity index (χ0n) is 13.6. The summed E-state index contributed by atoms with van der Waals surface area (Å²) in [6, 6.07) is 15.2. The monoisotopic (exact) mass is 399 g/mol. The first-order valence-corrected chi connectivity index (χ1v) is 8.60. The molecule has 27 heavy (non-hydrogen) atoms. The lowest BCUT2D eigenvalue weighted by Crippen LogP contribution is -2.11. The largest absolute Gasteiger partial charge is 0.459 e. The molecule has 0 aliphatic carbocycles. The highest BCUT2D eigenvalue weighted by Gasteiger charge is 2.14. The number of aromatic nitrogens is 2. The summed E-state index contributed by atoms with van der Waals surface area (Å²) in [7, 11) is 0. The van der Waals surface area contributed by atoms with Gasteiger partial charge in [0, 0.05) is 16.8 Å². The predicted octanol–water partition coefficient (Wildman–Crippen LogP) is 5.56. The number of furan rings is 1. The molecule has 0 unspecified atom stereocenters. The Kier molecular flexibility index (Phi) is 4.66. The Labute approximate surface area is 163 Å². The third kappa shape index (κ3) is 3.72.